The molecule has 0 radical (unpaired) electrons. The number of hydrogen-bond donors (Lipinski definition) is 0. The van der Waals surface area contributed by atoms with Gasteiger partial charge in [0.2, 0.25) is 0 Å². The third kappa shape index (κ3) is 3.52. The highest BCUT2D eigenvalue weighted by Crippen LogP contribution is 2.21. The van der Waals surface area contributed by atoms with E-state index in [1.807, 2.05) is 24.3 Å². The molecule has 2 rings (SSSR count). The third-order valence-corrected chi connectivity index (χ3v) is 3.15. The Morgan fingerprint density at radius 3 is 2.42 bits per heavy atom. The van der Waals surface area contributed by atoms with E-state index >= 15 is 0 Å². The normalized spacial score (nSPS) is 10.4. The Hall–Kier alpha value is -1.93. The van der Waals surface area contributed by atoms with E-state index in [0.29, 0.717) is 0 Å². The van der Waals surface area contributed by atoms with Crippen molar-refractivity contribution in [2.75, 3.05) is 13.7 Å². The molecule has 2 aromatic carbocycles. The molecule has 0 bridgehead atoms. The molecule has 2 heteroatoms. The molecule has 0 unspecified atom stereocenters. The number of ketones is 1. The fourth-order valence-electron chi connectivity index (χ4n) is 2.00. The van der Waals surface area contributed by atoms with Crippen molar-refractivity contribution in [3.05, 3.63) is 59.7 Å². The van der Waals surface area contributed by atoms with Crippen LogP contribution in [-0.2, 0) is 11.2 Å². The Morgan fingerprint density at radius 1 is 1.05 bits per heavy atom. The molecule has 0 fully saturated rings. The molecule has 0 N–H and O–H groups in total. The Balaban J connectivity index is 2.22. The van der Waals surface area contributed by atoms with Gasteiger partial charge >= 0.3 is 0 Å². The maximum atomic E-state index is 11.4. The van der Waals surface area contributed by atoms with Gasteiger partial charge in [0.25, 0.3) is 0 Å². The van der Waals surface area contributed by atoms with Gasteiger partial charge in [0.1, 0.15) is 0 Å². The van der Waals surface area contributed by atoms with Crippen molar-refractivity contribution in [2.24, 2.45) is 0 Å². The van der Waals surface area contributed by atoms with Gasteiger partial charge in [0, 0.05) is 12.7 Å². The third-order valence-electron chi connectivity index (χ3n) is 3.15. The fraction of sp³-hybridized carbons (Fsp3) is 0.235. The number of ether oxygens (including phenoxy) is 1. The summed E-state index contributed by atoms with van der Waals surface area (Å²) in [5, 5.41) is 0. The summed E-state index contributed by atoms with van der Waals surface area (Å²) in [6.07, 6.45) is 0.921. The zero-order chi connectivity index (χ0) is 13.7. The van der Waals surface area contributed by atoms with Crippen molar-refractivity contribution in [2.45, 2.75) is 13.3 Å². The number of carbonyl (C=O) groups is 1. The second-order valence-corrected chi connectivity index (χ2v) is 4.58. The average molecular weight is 254 g/mol. The molecule has 2 aromatic rings. The standard InChI is InChI=1S/C17H18O2/c1-13(18)16-4-3-5-17(12-16)15-8-6-14(7-9-15)10-11-19-2/h3-9,12H,10-11H2,1-2H3. The lowest BCUT2D eigenvalue weighted by Crippen LogP contribution is -1.94. The van der Waals surface area contributed by atoms with Crippen LogP contribution in [0.4, 0.5) is 0 Å². The highest BCUT2D eigenvalue weighted by molar-refractivity contribution is 5.95. The molecule has 98 valence electrons. The Labute approximate surface area is 114 Å². The van der Waals surface area contributed by atoms with Gasteiger partial charge in [-0.15, -0.1) is 0 Å². The van der Waals surface area contributed by atoms with Gasteiger partial charge in [0.15, 0.2) is 5.78 Å². The molecule has 0 spiro atoms. The van der Waals surface area contributed by atoms with Crippen molar-refractivity contribution in [3.63, 3.8) is 0 Å². The van der Waals surface area contributed by atoms with Gasteiger partial charge in [-0.05, 0) is 36.1 Å². The predicted molar refractivity (Wildman–Crippen MR) is 77.5 cm³/mol. The largest absolute Gasteiger partial charge is 0.384 e. The topological polar surface area (TPSA) is 26.3 Å². The molecule has 0 heterocycles. The van der Waals surface area contributed by atoms with Crippen LogP contribution in [0.1, 0.15) is 22.8 Å². The lowest BCUT2D eigenvalue weighted by atomic mass is 10.00. The predicted octanol–water partition coefficient (Wildman–Crippen LogP) is 3.75. The van der Waals surface area contributed by atoms with Crippen LogP contribution in [0.25, 0.3) is 11.1 Å². The summed E-state index contributed by atoms with van der Waals surface area (Å²) in [6.45, 7) is 2.33. The van der Waals surface area contributed by atoms with Gasteiger partial charge in [-0.1, -0.05) is 42.5 Å². The van der Waals surface area contributed by atoms with Crippen molar-refractivity contribution in [1.29, 1.82) is 0 Å². The van der Waals surface area contributed by atoms with Gasteiger partial charge in [0.05, 0.1) is 6.61 Å². The first-order valence-electron chi connectivity index (χ1n) is 6.40. The second-order valence-electron chi connectivity index (χ2n) is 4.58. The van der Waals surface area contributed by atoms with E-state index in [0.717, 1.165) is 29.7 Å². The highest BCUT2D eigenvalue weighted by Gasteiger charge is 2.02. The number of carbonyl (C=O) groups excluding carboxylic acids is 1. The molecule has 19 heavy (non-hydrogen) atoms. The number of hydrogen-bond acceptors (Lipinski definition) is 2. The minimum absolute atomic E-state index is 0.0959. The van der Waals surface area contributed by atoms with Crippen LogP contribution in [0.2, 0.25) is 0 Å². The lowest BCUT2D eigenvalue weighted by molar-refractivity contribution is 0.101. The molecule has 0 aliphatic carbocycles. The summed E-state index contributed by atoms with van der Waals surface area (Å²) in [5.74, 6) is 0.0959. The smallest absolute Gasteiger partial charge is 0.159 e. The summed E-state index contributed by atoms with van der Waals surface area (Å²) in [6, 6.07) is 16.1. The van der Waals surface area contributed by atoms with Crippen LogP contribution in [0.3, 0.4) is 0 Å². The highest BCUT2D eigenvalue weighted by atomic mass is 16.5. The van der Waals surface area contributed by atoms with E-state index in [1.165, 1.54) is 5.56 Å². The minimum Gasteiger partial charge on any atom is -0.384 e. The number of methoxy groups -OCH3 is 1. The Kier molecular flexibility index (Phi) is 4.48. The molecule has 0 atom stereocenters. The van der Waals surface area contributed by atoms with Crippen LogP contribution >= 0.6 is 0 Å². The molecular weight excluding hydrogens is 236 g/mol. The molecule has 0 aromatic heterocycles. The molecule has 0 aliphatic rings. The molecule has 2 nitrogen and oxygen atoms in total. The summed E-state index contributed by atoms with van der Waals surface area (Å²) >= 11 is 0. The quantitative estimate of drug-likeness (QED) is 0.760. The van der Waals surface area contributed by atoms with Gasteiger partial charge < -0.3 is 4.74 Å². The summed E-state index contributed by atoms with van der Waals surface area (Å²) < 4.78 is 5.07. The first-order chi connectivity index (χ1) is 9.20. The van der Waals surface area contributed by atoms with Crippen LogP contribution < -0.4 is 0 Å². The first kappa shape index (κ1) is 13.5. The SMILES string of the molecule is COCCc1ccc(-c2cccc(C(C)=O)c2)cc1. The summed E-state index contributed by atoms with van der Waals surface area (Å²) in [5.41, 5.74) is 4.21. The van der Waals surface area contributed by atoms with Crippen molar-refractivity contribution >= 4 is 5.78 Å². The average Bonchev–Trinajstić information content (AvgIpc) is 2.46. The van der Waals surface area contributed by atoms with E-state index in [2.05, 4.69) is 24.3 Å². The van der Waals surface area contributed by atoms with Gasteiger partial charge in [-0.25, -0.2) is 0 Å². The Morgan fingerprint density at radius 2 is 1.79 bits per heavy atom. The van der Waals surface area contributed by atoms with E-state index in [4.69, 9.17) is 4.74 Å². The van der Waals surface area contributed by atoms with Crippen LogP contribution in [0.15, 0.2) is 48.5 Å². The van der Waals surface area contributed by atoms with E-state index in [9.17, 15) is 4.79 Å². The van der Waals surface area contributed by atoms with Crippen molar-refractivity contribution in [3.8, 4) is 11.1 Å². The monoisotopic (exact) mass is 254 g/mol. The lowest BCUT2D eigenvalue weighted by Gasteiger charge is -2.05. The maximum absolute atomic E-state index is 11.4. The number of Topliss-reactive ketones (excluding diaryl/α,β-unsaturated/α-hetero) is 1. The van der Waals surface area contributed by atoms with Crippen molar-refractivity contribution in [1.82, 2.24) is 0 Å². The van der Waals surface area contributed by atoms with Gasteiger partial charge in [-0.3, -0.25) is 4.79 Å². The summed E-state index contributed by atoms with van der Waals surface area (Å²) in [7, 11) is 1.71. The van der Waals surface area contributed by atoms with Gasteiger partial charge in [-0.2, -0.15) is 0 Å². The molecule has 0 saturated heterocycles. The summed E-state index contributed by atoms with van der Waals surface area (Å²) in [4.78, 5) is 11.4. The first-order valence-corrected chi connectivity index (χ1v) is 6.40. The molecule has 0 saturated carbocycles. The van der Waals surface area contributed by atoms with E-state index < -0.39 is 0 Å². The zero-order valence-corrected chi connectivity index (χ0v) is 11.3. The van der Waals surface area contributed by atoms with Crippen LogP contribution in [-0.4, -0.2) is 19.5 Å². The number of benzene rings is 2. The molecule has 0 amide bonds. The van der Waals surface area contributed by atoms with E-state index in [1.54, 1.807) is 14.0 Å². The number of rotatable bonds is 5. The van der Waals surface area contributed by atoms with E-state index in [-0.39, 0.29) is 5.78 Å². The zero-order valence-electron chi connectivity index (χ0n) is 11.3. The van der Waals surface area contributed by atoms with Crippen LogP contribution in [0.5, 0.6) is 0 Å². The minimum atomic E-state index is 0.0959. The van der Waals surface area contributed by atoms with Crippen LogP contribution in [0, 0.1) is 0 Å². The maximum Gasteiger partial charge on any atom is 0.159 e. The second kappa shape index (κ2) is 6.30. The van der Waals surface area contributed by atoms with Crippen molar-refractivity contribution < 1.29 is 9.53 Å². The Bertz CT molecular complexity index is 556. The molecule has 0 aliphatic heterocycles. The fourth-order valence-corrected chi connectivity index (χ4v) is 2.00. The molecular formula is C17H18O2.